The molecule has 0 N–H and O–H groups in total. The summed E-state index contributed by atoms with van der Waals surface area (Å²) < 4.78 is 14.4. The number of nitrogens with zero attached hydrogens (tertiary/aromatic N) is 5. The van der Waals surface area contributed by atoms with Gasteiger partial charge in [-0.05, 0) is 29.8 Å². The zero-order valence-electron chi connectivity index (χ0n) is 9.44. The molecule has 0 aliphatic heterocycles. The van der Waals surface area contributed by atoms with Crippen LogP contribution >= 0.6 is 0 Å². The Labute approximate surface area is 103 Å². The van der Waals surface area contributed by atoms with E-state index < -0.39 is 0 Å². The lowest BCUT2D eigenvalue weighted by atomic mass is 10.3. The van der Waals surface area contributed by atoms with Crippen LogP contribution in [0.25, 0.3) is 22.2 Å². The fourth-order valence-corrected chi connectivity index (χ4v) is 1.43. The molecule has 1 aromatic heterocycles. The second kappa shape index (κ2) is 5.65. The molecule has 0 radical (unpaired) electrons. The minimum absolute atomic E-state index is 0.277. The summed E-state index contributed by atoms with van der Waals surface area (Å²) in [4.78, 5) is 2.65. The highest BCUT2D eigenvalue weighted by atomic mass is 19.1. The highest BCUT2D eigenvalue weighted by molar-refractivity contribution is 5.48. The van der Waals surface area contributed by atoms with Gasteiger partial charge < -0.3 is 0 Å². The molecule has 2 aromatic rings. The quantitative estimate of drug-likeness (QED) is 0.461. The van der Waals surface area contributed by atoms with Gasteiger partial charge in [0.15, 0.2) is 0 Å². The molecular formula is C12H10FN5. The first-order chi connectivity index (χ1) is 8.79. The summed E-state index contributed by atoms with van der Waals surface area (Å²) >= 11 is 0. The van der Waals surface area contributed by atoms with Crippen LogP contribution in [0.4, 0.5) is 4.39 Å². The Kier molecular flexibility index (Phi) is 3.73. The van der Waals surface area contributed by atoms with E-state index in [0.717, 1.165) is 11.3 Å². The molecular weight excluding hydrogens is 233 g/mol. The predicted octanol–water partition coefficient (Wildman–Crippen LogP) is 3.33. The van der Waals surface area contributed by atoms with Gasteiger partial charge >= 0.3 is 0 Å². The van der Waals surface area contributed by atoms with Gasteiger partial charge in [0.2, 0.25) is 0 Å². The fraction of sp³-hybridized carbons (Fsp3) is 0.0833. The number of hydrogen-bond donors (Lipinski definition) is 0. The maximum Gasteiger partial charge on any atom is 0.123 e. The van der Waals surface area contributed by atoms with Crippen LogP contribution in [0.2, 0.25) is 0 Å². The second-order valence-electron chi connectivity index (χ2n) is 3.51. The summed E-state index contributed by atoms with van der Waals surface area (Å²) in [5, 5.41) is 7.54. The van der Waals surface area contributed by atoms with E-state index in [9.17, 15) is 4.39 Å². The highest BCUT2D eigenvalue weighted by Gasteiger charge is 1.98. The molecule has 0 saturated carbocycles. The van der Waals surface area contributed by atoms with Crippen LogP contribution in [0.15, 0.2) is 47.8 Å². The lowest BCUT2D eigenvalue weighted by Crippen LogP contribution is -1.93. The fourth-order valence-electron chi connectivity index (χ4n) is 1.43. The molecule has 0 unspecified atom stereocenters. The Bertz CT molecular complexity index is 593. The summed E-state index contributed by atoms with van der Waals surface area (Å²) in [5.41, 5.74) is 9.78. The van der Waals surface area contributed by atoms with Gasteiger partial charge in [-0.2, -0.15) is 5.10 Å². The molecule has 0 fully saturated rings. The molecule has 0 amide bonds. The summed E-state index contributed by atoms with van der Waals surface area (Å²) in [6.07, 6.45) is 7.03. The summed E-state index contributed by atoms with van der Waals surface area (Å²) in [5.74, 6) is -0.277. The lowest BCUT2D eigenvalue weighted by Gasteiger charge is -1.99. The van der Waals surface area contributed by atoms with E-state index in [1.807, 2.05) is 6.08 Å². The van der Waals surface area contributed by atoms with E-state index in [1.165, 1.54) is 12.1 Å². The number of rotatable bonds is 4. The Balaban J connectivity index is 2.12. The maximum atomic E-state index is 12.8. The number of halogens is 1. The van der Waals surface area contributed by atoms with Gasteiger partial charge in [0.1, 0.15) is 5.82 Å². The molecule has 0 bridgehead atoms. The van der Waals surface area contributed by atoms with Crippen molar-refractivity contribution in [3.63, 3.8) is 0 Å². The molecule has 0 atom stereocenters. The van der Waals surface area contributed by atoms with Gasteiger partial charge in [-0.15, -0.1) is 0 Å². The van der Waals surface area contributed by atoms with Crippen molar-refractivity contribution in [3.8, 4) is 5.69 Å². The third kappa shape index (κ3) is 2.96. The minimum atomic E-state index is -0.277. The highest BCUT2D eigenvalue weighted by Crippen LogP contribution is 2.10. The smallest absolute Gasteiger partial charge is 0.123 e. The molecule has 0 saturated heterocycles. The van der Waals surface area contributed by atoms with Gasteiger partial charge in [0, 0.05) is 23.2 Å². The first-order valence-corrected chi connectivity index (χ1v) is 5.27. The average Bonchev–Trinajstić information content (AvgIpc) is 2.84. The van der Waals surface area contributed by atoms with Crippen molar-refractivity contribution in [3.05, 3.63) is 64.6 Å². The van der Waals surface area contributed by atoms with Gasteiger partial charge in [0.05, 0.1) is 11.9 Å². The van der Waals surface area contributed by atoms with Crippen LogP contribution < -0.4 is 0 Å². The van der Waals surface area contributed by atoms with Gasteiger partial charge in [-0.3, -0.25) is 0 Å². The van der Waals surface area contributed by atoms with E-state index in [4.69, 9.17) is 5.53 Å². The van der Waals surface area contributed by atoms with E-state index in [-0.39, 0.29) is 5.82 Å². The van der Waals surface area contributed by atoms with Crippen molar-refractivity contribution in [1.29, 1.82) is 0 Å². The Morgan fingerprint density at radius 3 is 2.89 bits per heavy atom. The number of hydrogen-bond acceptors (Lipinski definition) is 2. The van der Waals surface area contributed by atoms with Gasteiger partial charge in [-0.25, -0.2) is 9.07 Å². The zero-order chi connectivity index (χ0) is 12.8. The van der Waals surface area contributed by atoms with E-state index in [1.54, 1.807) is 35.3 Å². The molecule has 1 heterocycles. The van der Waals surface area contributed by atoms with E-state index in [2.05, 4.69) is 15.1 Å². The minimum Gasteiger partial charge on any atom is -0.240 e. The summed E-state index contributed by atoms with van der Waals surface area (Å²) in [6, 6.07) is 6.06. The molecule has 0 aliphatic rings. The van der Waals surface area contributed by atoms with Crippen molar-refractivity contribution in [2.24, 2.45) is 5.11 Å². The van der Waals surface area contributed by atoms with Gasteiger partial charge in [0.25, 0.3) is 0 Å². The number of aromatic nitrogens is 2. The molecule has 18 heavy (non-hydrogen) atoms. The molecule has 2 rings (SSSR count). The van der Waals surface area contributed by atoms with Gasteiger partial charge in [-0.1, -0.05) is 17.3 Å². The van der Waals surface area contributed by atoms with E-state index in [0.29, 0.717) is 6.54 Å². The SMILES string of the molecule is [N-]=[N+]=NCC=Cc1cnn(-c2ccc(F)cc2)c1. The predicted molar refractivity (Wildman–Crippen MR) is 66.6 cm³/mol. The topological polar surface area (TPSA) is 66.6 Å². The normalized spacial score (nSPS) is 10.5. The maximum absolute atomic E-state index is 12.8. The van der Waals surface area contributed by atoms with Crippen molar-refractivity contribution < 1.29 is 4.39 Å². The van der Waals surface area contributed by atoms with Crippen LogP contribution in [-0.2, 0) is 0 Å². The molecule has 0 spiro atoms. The van der Waals surface area contributed by atoms with Crippen LogP contribution in [0.3, 0.4) is 0 Å². The zero-order valence-corrected chi connectivity index (χ0v) is 9.44. The number of azide groups is 1. The van der Waals surface area contributed by atoms with Crippen molar-refractivity contribution >= 4 is 6.08 Å². The second-order valence-corrected chi connectivity index (χ2v) is 3.51. The lowest BCUT2D eigenvalue weighted by molar-refractivity contribution is 0.627. The summed E-state index contributed by atoms with van der Waals surface area (Å²) in [6.45, 7) is 0.304. The Hall–Kier alpha value is -2.59. The third-order valence-electron chi connectivity index (χ3n) is 2.25. The van der Waals surface area contributed by atoms with Crippen LogP contribution in [-0.4, -0.2) is 16.3 Å². The molecule has 0 aliphatic carbocycles. The molecule has 1 aromatic carbocycles. The molecule has 90 valence electrons. The average molecular weight is 243 g/mol. The van der Waals surface area contributed by atoms with Crippen LogP contribution in [0.5, 0.6) is 0 Å². The summed E-state index contributed by atoms with van der Waals surface area (Å²) in [7, 11) is 0. The molecule has 5 nitrogen and oxygen atoms in total. The van der Waals surface area contributed by atoms with Crippen molar-refractivity contribution in [2.75, 3.05) is 6.54 Å². The first kappa shape index (κ1) is 11.9. The van der Waals surface area contributed by atoms with Crippen molar-refractivity contribution in [1.82, 2.24) is 9.78 Å². The van der Waals surface area contributed by atoms with Crippen LogP contribution in [0.1, 0.15) is 5.56 Å². The van der Waals surface area contributed by atoms with Crippen molar-refractivity contribution in [2.45, 2.75) is 0 Å². The monoisotopic (exact) mass is 243 g/mol. The Morgan fingerprint density at radius 1 is 1.39 bits per heavy atom. The standard InChI is InChI=1S/C12H10FN5/c13-11-3-5-12(6-4-11)18-9-10(8-16-18)2-1-7-15-17-14/h1-6,8-9H,7H2. The first-order valence-electron chi connectivity index (χ1n) is 5.27. The number of benzene rings is 1. The van der Waals surface area contributed by atoms with Crippen LogP contribution in [0, 0.1) is 5.82 Å². The Morgan fingerprint density at radius 2 is 2.17 bits per heavy atom. The van der Waals surface area contributed by atoms with E-state index >= 15 is 0 Å². The molecule has 6 heteroatoms. The third-order valence-corrected chi connectivity index (χ3v) is 2.25. The largest absolute Gasteiger partial charge is 0.240 e.